The minimum absolute atomic E-state index is 0.0120. The van der Waals surface area contributed by atoms with Crippen LogP contribution < -0.4 is 5.56 Å². The van der Waals surface area contributed by atoms with Crippen LogP contribution in [0.1, 0.15) is 41.0 Å². The number of amides is 2. The molecule has 33 heavy (non-hydrogen) atoms. The van der Waals surface area contributed by atoms with E-state index in [1.807, 2.05) is 0 Å². The molecule has 2 aromatic heterocycles. The van der Waals surface area contributed by atoms with Crippen LogP contribution in [0.3, 0.4) is 0 Å². The molecule has 1 fully saturated rings. The van der Waals surface area contributed by atoms with Gasteiger partial charge in [0.1, 0.15) is 16.9 Å². The van der Waals surface area contributed by atoms with Crippen molar-refractivity contribution in [3.8, 4) is 5.75 Å². The van der Waals surface area contributed by atoms with E-state index >= 15 is 0 Å². The summed E-state index contributed by atoms with van der Waals surface area (Å²) in [5, 5.41) is 15.6. The second-order valence-electron chi connectivity index (χ2n) is 8.61. The van der Waals surface area contributed by atoms with Gasteiger partial charge in [-0.2, -0.15) is 5.10 Å². The minimum atomic E-state index is -0.544. The second kappa shape index (κ2) is 8.02. The van der Waals surface area contributed by atoms with Crippen LogP contribution in [-0.4, -0.2) is 61.2 Å². The van der Waals surface area contributed by atoms with Gasteiger partial charge in [0.2, 0.25) is 5.91 Å². The third kappa shape index (κ3) is 3.55. The number of halogens is 1. The van der Waals surface area contributed by atoms with E-state index < -0.39 is 5.56 Å². The number of fused-ring (bicyclic) bond motifs is 3. The van der Waals surface area contributed by atoms with Crippen LogP contribution in [-0.2, 0) is 24.4 Å². The summed E-state index contributed by atoms with van der Waals surface area (Å²) in [5.74, 6) is -1.12. The third-order valence-electron chi connectivity index (χ3n) is 6.42. The number of nitrogens with zero attached hydrogens (tertiary/aromatic N) is 5. The molecule has 2 aliphatic heterocycles. The predicted molar refractivity (Wildman–Crippen MR) is 117 cm³/mol. The van der Waals surface area contributed by atoms with Crippen LogP contribution >= 0.6 is 0 Å². The van der Waals surface area contributed by atoms with Crippen molar-refractivity contribution in [1.29, 1.82) is 0 Å². The second-order valence-corrected chi connectivity index (χ2v) is 8.61. The van der Waals surface area contributed by atoms with Gasteiger partial charge in [-0.25, -0.2) is 9.07 Å². The Balaban J connectivity index is 1.70. The van der Waals surface area contributed by atoms with E-state index in [2.05, 4.69) is 5.10 Å². The van der Waals surface area contributed by atoms with E-state index in [4.69, 9.17) is 0 Å². The van der Waals surface area contributed by atoms with Gasteiger partial charge in [-0.1, -0.05) is 12.1 Å². The summed E-state index contributed by atoms with van der Waals surface area (Å²) in [6.45, 7) is 1.64. The maximum Gasteiger partial charge on any atom is 0.280 e. The zero-order chi connectivity index (χ0) is 23.3. The molecule has 0 unspecified atom stereocenters. The van der Waals surface area contributed by atoms with Crippen molar-refractivity contribution >= 4 is 22.7 Å². The van der Waals surface area contributed by atoms with Crippen LogP contribution in [0.5, 0.6) is 5.75 Å². The number of likely N-dealkylation sites (tertiary alicyclic amines) is 1. The van der Waals surface area contributed by atoms with Crippen molar-refractivity contribution in [3.05, 3.63) is 57.4 Å². The standard InChI is InChI=1S/C23H24FN5O4/c1-26-10-11-28-19-16(13-27-9-3-2-4-17(27)30)25-29(12-14-5-7-15(24)8-6-14)22(32)18(19)21(31)20(28)23(26)33/h5-8,31H,2-4,9-13H2,1H3. The average Bonchev–Trinajstić information content (AvgIpc) is 3.10. The fourth-order valence-corrected chi connectivity index (χ4v) is 4.63. The molecule has 0 atom stereocenters. The molecule has 10 heteroatoms. The number of hydrogen-bond acceptors (Lipinski definition) is 5. The minimum Gasteiger partial charge on any atom is -0.505 e. The lowest BCUT2D eigenvalue weighted by Crippen LogP contribution is -2.38. The molecular weight excluding hydrogens is 429 g/mol. The first-order valence-corrected chi connectivity index (χ1v) is 11.0. The highest BCUT2D eigenvalue weighted by molar-refractivity contribution is 6.04. The highest BCUT2D eigenvalue weighted by Crippen LogP contribution is 2.34. The molecule has 172 valence electrons. The lowest BCUT2D eigenvalue weighted by atomic mass is 10.1. The summed E-state index contributed by atoms with van der Waals surface area (Å²) in [6, 6.07) is 5.72. The van der Waals surface area contributed by atoms with Gasteiger partial charge in [-0.15, -0.1) is 0 Å². The summed E-state index contributed by atoms with van der Waals surface area (Å²) in [6.07, 6.45) is 2.18. The lowest BCUT2D eigenvalue weighted by Gasteiger charge is -2.28. The zero-order valence-electron chi connectivity index (χ0n) is 18.3. The molecule has 5 rings (SSSR count). The SMILES string of the molecule is CN1CCn2c(c(O)c3c(=O)n(Cc4ccc(F)cc4)nc(CN4CCCCC4=O)c32)C1=O. The molecule has 0 spiro atoms. The van der Waals surface area contributed by atoms with Gasteiger partial charge in [0.25, 0.3) is 11.5 Å². The Kier molecular flexibility index (Phi) is 5.15. The van der Waals surface area contributed by atoms with Crippen LogP contribution in [0.15, 0.2) is 29.1 Å². The molecule has 0 bridgehead atoms. The Morgan fingerprint density at radius 3 is 2.52 bits per heavy atom. The van der Waals surface area contributed by atoms with Gasteiger partial charge in [0, 0.05) is 33.1 Å². The molecule has 9 nitrogen and oxygen atoms in total. The van der Waals surface area contributed by atoms with Crippen LogP contribution in [0.4, 0.5) is 4.39 Å². The number of rotatable bonds is 4. The molecule has 0 radical (unpaired) electrons. The Morgan fingerprint density at radius 1 is 1.03 bits per heavy atom. The van der Waals surface area contributed by atoms with Crippen LogP contribution in [0, 0.1) is 5.82 Å². The fraction of sp³-hybridized carbons (Fsp3) is 0.391. The maximum absolute atomic E-state index is 13.4. The quantitative estimate of drug-likeness (QED) is 0.648. The van der Waals surface area contributed by atoms with Gasteiger partial charge < -0.3 is 19.5 Å². The van der Waals surface area contributed by atoms with Crippen molar-refractivity contribution < 1.29 is 19.1 Å². The van der Waals surface area contributed by atoms with E-state index in [0.29, 0.717) is 42.8 Å². The molecule has 1 saturated heterocycles. The fourth-order valence-electron chi connectivity index (χ4n) is 4.63. The van der Waals surface area contributed by atoms with Crippen molar-refractivity contribution in [3.63, 3.8) is 0 Å². The molecule has 2 amide bonds. The highest BCUT2D eigenvalue weighted by atomic mass is 19.1. The molecule has 3 aromatic rings. The van der Waals surface area contributed by atoms with E-state index in [1.54, 1.807) is 28.6 Å². The average molecular weight is 453 g/mol. The Labute approximate surface area is 188 Å². The first-order valence-electron chi connectivity index (χ1n) is 11.0. The van der Waals surface area contributed by atoms with Crippen molar-refractivity contribution in [2.45, 2.75) is 38.9 Å². The van der Waals surface area contributed by atoms with E-state index in [9.17, 15) is 23.9 Å². The van der Waals surface area contributed by atoms with E-state index in [0.717, 1.165) is 12.8 Å². The van der Waals surface area contributed by atoms with Gasteiger partial charge >= 0.3 is 0 Å². The van der Waals surface area contributed by atoms with Gasteiger partial charge in [0.15, 0.2) is 11.4 Å². The number of hydrogen-bond donors (Lipinski definition) is 1. The van der Waals surface area contributed by atoms with Gasteiger partial charge in [-0.3, -0.25) is 14.4 Å². The monoisotopic (exact) mass is 453 g/mol. The summed E-state index contributed by atoms with van der Waals surface area (Å²) in [7, 11) is 1.64. The number of benzene rings is 1. The largest absolute Gasteiger partial charge is 0.505 e. The first kappa shape index (κ1) is 21.2. The van der Waals surface area contributed by atoms with Crippen molar-refractivity contribution in [2.24, 2.45) is 0 Å². The number of likely N-dealkylation sites (N-methyl/N-ethyl adjacent to an activating group) is 1. The van der Waals surface area contributed by atoms with Crippen LogP contribution in [0.25, 0.3) is 10.9 Å². The molecule has 1 N–H and O–H groups in total. The Hall–Kier alpha value is -3.69. The summed E-state index contributed by atoms with van der Waals surface area (Å²) >= 11 is 0. The number of piperidine rings is 1. The van der Waals surface area contributed by atoms with Gasteiger partial charge in [0.05, 0.1) is 18.6 Å². The molecule has 0 saturated carbocycles. The summed E-state index contributed by atoms with van der Waals surface area (Å²) in [4.78, 5) is 41.8. The molecule has 0 aliphatic carbocycles. The molecule has 2 aliphatic rings. The number of aromatic hydroxyl groups is 1. The molecule has 1 aromatic carbocycles. The first-order chi connectivity index (χ1) is 15.8. The van der Waals surface area contributed by atoms with Crippen molar-refractivity contribution in [2.75, 3.05) is 20.1 Å². The smallest absolute Gasteiger partial charge is 0.280 e. The summed E-state index contributed by atoms with van der Waals surface area (Å²) < 4.78 is 16.2. The number of carbonyl (C=O) groups is 2. The zero-order valence-corrected chi connectivity index (χ0v) is 18.3. The highest BCUT2D eigenvalue weighted by Gasteiger charge is 2.33. The Morgan fingerprint density at radius 2 is 1.79 bits per heavy atom. The Bertz CT molecular complexity index is 1330. The maximum atomic E-state index is 13.4. The molecular formula is C23H24FN5O4. The third-order valence-corrected chi connectivity index (χ3v) is 6.42. The van der Waals surface area contributed by atoms with Crippen molar-refractivity contribution in [1.82, 2.24) is 24.1 Å². The number of aromatic nitrogens is 3. The normalized spacial score (nSPS) is 16.5. The van der Waals surface area contributed by atoms with E-state index in [-0.39, 0.29) is 47.6 Å². The topological polar surface area (TPSA) is 101 Å². The summed E-state index contributed by atoms with van der Waals surface area (Å²) in [5.41, 5.74) is 1.01. The lowest BCUT2D eigenvalue weighted by molar-refractivity contribution is -0.133. The van der Waals surface area contributed by atoms with E-state index in [1.165, 1.54) is 21.7 Å². The number of carbonyl (C=O) groups excluding carboxylic acids is 2. The molecule has 4 heterocycles. The van der Waals surface area contributed by atoms with Crippen LogP contribution in [0.2, 0.25) is 0 Å². The van der Waals surface area contributed by atoms with Gasteiger partial charge in [-0.05, 0) is 30.5 Å². The predicted octanol–water partition coefficient (Wildman–Crippen LogP) is 1.69.